The minimum Gasteiger partial charge on any atom is -0.468 e. The van der Waals surface area contributed by atoms with E-state index in [-0.39, 0.29) is 24.1 Å². The zero-order chi connectivity index (χ0) is 21.3. The minimum absolute atomic E-state index is 0.149. The highest BCUT2D eigenvalue weighted by Crippen LogP contribution is 2.49. The molecule has 1 N–H and O–H groups in total. The van der Waals surface area contributed by atoms with Gasteiger partial charge in [0.1, 0.15) is 5.82 Å². The first-order valence-corrected chi connectivity index (χ1v) is 10.3. The summed E-state index contributed by atoms with van der Waals surface area (Å²) in [5, 5.41) is 2.88. The van der Waals surface area contributed by atoms with Crippen molar-refractivity contribution in [3.8, 4) is 0 Å². The Morgan fingerprint density at radius 3 is 2.30 bits per heavy atom. The number of carbonyl (C=O) groups excluding carboxylic acids is 2. The number of hydrogen-bond donors (Lipinski definition) is 1. The van der Waals surface area contributed by atoms with E-state index in [0.29, 0.717) is 11.3 Å². The van der Waals surface area contributed by atoms with Crippen LogP contribution in [0.25, 0.3) is 0 Å². The number of benzene rings is 1. The van der Waals surface area contributed by atoms with Crippen LogP contribution < -0.4 is 10.2 Å². The van der Waals surface area contributed by atoms with Crippen LogP contribution in [0, 0.1) is 0 Å². The van der Waals surface area contributed by atoms with Crippen molar-refractivity contribution in [2.45, 2.75) is 44.3 Å². The van der Waals surface area contributed by atoms with Crippen LogP contribution in [0.15, 0.2) is 42.6 Å². The number of amides is 1. The molecule has 2 aromatic rings. The molecule has 2 unspecified atom stereocenters. The van der Waals surface area contributed by atoms with Gasteiger partial charge in [-0.3, -0.25) is 9.59 Å². The molecule has 1 aliphatic heterocycles. The highest BCUT2D eigenvalue weighted by Gasteiger charge is 2.52. The summed E-state index contributed by atoms with van der Waals surface area (Å²) < 4.78 is 10.7. The summed E-state index contributed by atoms with van der Waals surface area (Å²) in [7, 11) is 1.41. The van der Waals surface area contributed by atoms with Crippen LogP contribution in [0.2, 0.25) is 0 Å². The average Bonchev–Trinajstić information content (AvgIpc) is 3.55. The fourth-order valence-electron chi connectivity index (χ4n) is 4.08. The second-order valence-electron chi connectivity index (χ2n) is 8.17. The van der Waals surface area contributed by atoms with Crippen molar-refractivity contribution in [1.29, 1.82) is 0 Å². The Morgan fingerprint density at radius 2 is 1.77 bits per heavy atom. The Balaban J connectivity index is 1.40. The first-order chi connectivity index (χ1) is 14.4. The molecule has 0 bridgehead atoms. The minimum atomic E-state index is -0.508. The molecule has 1 amide bonds. The Bertz CT molecular complexity index is 912. The highest BCUT2D eigenvalue weighted by atomic mass is 16.5. The van der Waals surface area contributed by atoms with Crippen LogP contribution in [0.4, 0.5) is 11.5 Å². The van der Waals surface area contributed by atoms with Crippen LogP contribution in [0.5, 0.6) is 0 Å². The molecular formula is C23H27N3O4. The molecule has 2 heterocycles. The number of rotatable bonds is 5. The molecule has 4 rings (SSSR count). The van der Waals surface area contributed by atoms with Gasteiger partial charge in [0.15, 0.2) is 0 Å². The lowest BCUT2D eigenvalue weighted by Gasteiger charge is -2.36. The maximum Gasteiger partial charge on any atom is 0.316 e. The predicted molar refractivity (Wildman–Crippen MR) is 114 cm³/mol. The van der Waals surface area contributed by atoms with Crippen LogP contribution in [0.1, 0.15) is 42.6 Å². The molecular weight excluding hydrogens is 382 g/mol. The van der Waals surface area contributed by atoms with Gasteiger partial charge in [-0.05, 0) is 56.5 Å². The second kappa shape index (κ2) is 8.07. The quantitative estimate of drug-likeness (QED) is 0.764. The first-order valence-electron chi connectivity index (χ1n) is 10.3. The maximum absolute atomic E-state index is 12.6. The molecule has 1 aromatic heterocycles. The van der Waals surface area contributed by atoms with Gasteiger partial charge >= 0.3 is 5.97 Å². The van der Waals surface area contributed by atoms with Crippen LogP contribution in [-0.4, -0.2) is 49.3 Å². The van der Waals surface area contributed by atoms with Gasteiger partial charge in [-0.15, -0.1) is 0 Å². The summed E-state index contributed by atoms with van der Waals surface area (Å²) >= 11 is 0. The Labute approximate surface area is 176 Å². The van der Waals surface area contributed by atoms with Gasteiger partial charge in [0.2, 0.25) is 0 Å². The van der Waals surface area contributed by atoms with Gasteiger partial charge < -0.3 is 19.7 Å². The van der Waals surface area contributed by atoms with Crippen molar-refractivity contribution in [3.05, 3.63) is 53.7 Å². The summed E-state index contributed by atoms with van der Waals surface area (Å²) in [5.74, 6) is 0.421. The Hall–Kier alpha value is -2.93. The predicted octanol–water partition coefficient (Wildman–Crippen LogP) is 3.15. The molecule has 1 aromatic carbocycles. The maximum atomic E-state index is 12.6. The van der Waals surface area contributed by atoms with E-state index in [1.165, 1.54) is 7.11 Å². The Kier molecular flexibility index (Phi) is 5.47. The normalized spacial score (nSPS) is 22.3. The van der Waals surface area contributed by atoms with Crippen LogP contribution in [-0.2, 0) is 19.7 Å². The van der Waals surface area contributed by atoms with E-state index in [2.05, 4.69) is 15.2 Å². The van der Waals surface area contributed by atoms with Crippen molar-refractivity contribution >= 4 is 23.4 Å². The smallest absolute Gasteiger partial charge is 0.316 e. The number of hydrogen-bond acceptors (Lipinski definition) is 6. The van der Waals surface area contributed by atoms with Gasteiger partial charge in [-0.25, -0.2) is 4.98 Å². The van der Waals surface area contributed by atoms with Crippen molar-refractivity contribution in [3.63, 3.8) is 0 Å². The largest absolute Gasteiger partial charge is 0.468 e. The molecule has 1 saturated heterocycles. The molecule has 0 radical (unpaired) electrons. The SMILES string of the molecule is COC(=O)C1(c2ccc(NC(=O)c3ccc(N4CC(C)OC(C)C4)nc3)cc2)CC1. The van der Waals surface area contributed by atoms with E-state index < -0.39 is 5.41 Å². The zero-order valence-corrected chi connectivity index (χ0v) is 17.6. The molecule has 1 saturated carbocycles. The molecule has 2 atom stereocenters. The van der Waals surface area contributed by atoms with E-state index in [9.17, 15) is 9.59 Å². The van der Waals surface area contributed by atoms with E-state index in [1.807, 2.05) is 44.2 Å². The number of pyridine rings is 1. The molecule has 7 heteroatoms. The molecule has 0 spiro atoms. The molecule has 1 aliphatic carbocycles. The lowest BCUT2D eigenvalue weighted by molar-refractivity contribution is -0.143. The first kappa shape index (κ1) is 20.3. The van der Waals surface area contributed by atoms with Gasteiger partial charge in [0.05, 0.1) is 30.3 Å². The number of anilines is 2. The molecule has 158 valence electrons. The highest BCUT2D eigenvalue weighted by molar-refractivity contribution is 6.04. The third-order valence-corrected chi connectivity index (χ3v) is 5.78. The van der Waals surface area contributed by atoms with Gasteiger partial charge in [0, 0.05) is 25.0 Å². The van der Waals surface area contributed by atoms with Crippen molar-refractivity contribution < 1.29 is 19.1 Å². The van der Waals surface area contributed by atoms with E-state index in [1.54, 1.807) is 12.3 Å². The van der Waals surface area contributed by atoms with Gasteiger partial charge in [-0.1, -0.05) is 12.1 Å². The average molecular weight is 409 g/mol. The van der Waals surface area contributed by atoms with Crippen LogP contribution >= 0.6 is 0 Å². The zero-order valence-electron chi connectivity index (χ0n) is 17.6. The van der Waals surface area contributed by atoms with Crippen molar-refractivity contribution in [2.75, 3.05) is 30.4 Å². The number of ether oxygens (including phenoxy) is 2. The number of nitrogens with zero attached hydrogens (tertiary/aromatic N) is 2. The van der Waals surface area contributed by atoms with Crippen molar-refractivity contribution in [2.24, 2.45) is 0 Å². The van der Waals surface area contributed by atoms with E-state index in [0.717, 1.165) is 37.3 Å². The Morgan fingerprint density at radius 1 is 1.10 bits per heavy atom. The number of carbonyl (C=O) groups is 2. The summed E-state index contributed by atoms with van der Waals surface area (Å²) in [5.41, 5.74) is 1.58. The molecule has 7 nitrogen and oxygen atoms in total. The number of aromatic nitrogens is 1. The van der Waals surface area contributed by atoms with Gasteiger partial charge in [-0.2, -0.15) is 0 Å². The van der Waals surface area contributed by atoms with E-state index in [4.69, 9.17) is 9.47 Å². The van der Waals surface area contributed by atoms with E-state index >= 15 is 0 Å². The molecule has 30 heavy (non-hydrogen) atoms. The second-order valence-corrected chi connectivity index (χ2v) is 8.17. The summed E-state index contributed by atoms with van der Waals surface area (Å²) in [6.45, 7) is 5.66. The lowest BCUT2D eigenvalue weighted by atomic mass is 9.96. The fraction of sp³-hybridized carbons (Fsp3) is 0.435. The molecule has 2 aliphatic rings. The van der Waals surface area contributed by atoms with Crippen LogP contribution in [0.3, 0.4) is 0 Å². The lowest BCUT2D eigenvalue weighted by Crippen LogP contribution is -2.45. The topological polar surface area (TPSA) is 80.8 Å². The third kappa shape index (κ3) is 4.03. The number of morpholine rings is 1. The number of methoxy groups -OCH3 is 1. The summed E-state index contributed by atoms with van der Waals surface area (Å²) in [6.07, 6.45) is 3.49. The molecule has 2 fully saturated rings. The summed E-state index contributed by atoms with van der Waals surface area (Å²) in [6, 6.07) is 11.0. The fourth-order valence-corrected chi connectivity index (χ4v) is 4.08. The van der Waals surface area contributed by atoms with Gasteiger partial charge in [0.25, 0.3) is 5.91 Å². The third-order valence-electron chi connectivity index (χ3n) is 5.78. The monoisotopic (exact) mass is 409 g/mol. The number of nitrogens with one attached hydrogen (secondary N) is 1. The number of esters is 1. The summed E-state index contributed by atoms with van der Waals surface area (Å²) in [4.78, 5) is 31.3. The standard InChI is InChI=1S/C23H27N3O4/c1-15-13-26(14-16(2)30-15)20-9-4-17(12-24-20)21(27)25-19-7-5-18(6-8-19)23(10-11-23)22(28)29-3/h4-9,12,15-16H,10-11,13-14H2,1-3H3,(H,25,27). The van der Waals surface area contributed by atoms with Crippen molar-refractivity contribution in [1.82, 2.24) is 4.98 Å².